The van der Waals surface area contributed by atoms with Crippen molar-refractivity contribution in [2.24, 2.45) is 11.7 Å². The molecule has 3 aliphatic rings. The Balaban J connectivity index is 0.000000389. The lowest BCUT2D eigenvalue weighted by Crippen LogP contribution is -2.54. The molecule has 1 saturated carbocycles. The highest BCUT2D eigenvalue weighted by Crippen LogP contribution is 2.54. The molecule has 2 bridgehead atoms. The molecule has 0 saturated heterocycles. The molecule has 7 rings (SSSR count). The van der Waals surface area contributed by atoms with E-state index in [1.54, 1.807) is 16.9 Å². The van der Waals surface area contributed by atoms with E-state index < -0.39 is 30.0 Å². The number of aliphatic hydroxyl groups is 1. The highest BCUT2D eigenvalue weighted by atomic mass is 19.3. The molecule has 2 aliphatic carbocycles. The molecule has 228 valence electrons. The molecule has 10 nitrogen and oxygen atoms in total. The number of rotatable bonds is 4. The normalized spacial score (nSPS) is 21.3. The summed E-state index contributed by atoms with van der Waals surface area (Å²) in [4.78, 5) is 22.7. The van der Waals surface area contributed by atoms with Crippen molar-refractivity contribution < 1.29 is 23.4 Å². The molecular weight excluding hydrogens is 578 g/mol. The lowest BCUT2D eigenvalue weighted by Gasteiger charge is -2.39. The van der Waals surface area contributed by atoms with Gasteiger partial charge in [0.05, 0.1) is 28.8 Å². The van der Waals surface area contributed by atoms with Gasteiger partial charge in [-0.3, -0.25) is 4.79 Å². The fraction of sp³-hybridized carbons (Fsp3) is 0.387. The van der Waals surface area contributed by atoms with E-state index in [2.05, 4.69) is 16.0 Å². The summed E-state index contributed by atoms with van der Waals surface area (Å²) in [7, 11) is 11.7. The summed E-state index contributed by atoms with van der Waals surface area (Å²) in [5.41, 5.74) is 7.66. The van der Waals surface area contributed by atoms with Gasteiger partial charge in [-0.15, -0.1) is 0 Å². The average molecular weight is 609 g/mol. The quantitative estimate of drug-likeness (QED) is 0.332. The summed E-state index contributed by atoms with van der Waals surface area (Å²) in [6, 6.07) is 7.91. The van der Waals surface area contributed by atoms with Gasteiger partial charge in [-0.05, 0) is 55.5 Å². The van der Waals surface area contributed by atoms with Crippen LogP contribution >= 0.6 is 0 Å². The first-order valence-corrected chi connectivity index (χ1v) is 14.6. The van der Waals surface area contributed by atoms with Crippen molar-refractivity contribution in [2.45, 2.75) is 70.2 Å². The van der Waals surface area contributed by atoms with Crippen molar-refractivity contribution in [3.05, 3.63) is 77.1 Å². The van der Waals surface area contributed by atoms with Gasteiger partial charge < -0.3 is 20.5 Å². The monoisotopic (exact) mass is 609 g/mol. The van der Waals surface area contributed by atoms with E-state index in [9.17, 15) is 18.7 Å². The number of fused-ring (bicyclic) bond motifs is 9. The van der Waals surface area contributed by atoms with Crippen LogP contribution in [0.25, 0.3) is 16.6 Å². The van der Waals surface area contributed by atoms with Gasteiger partial charge in [0.15, 0.2) is 0 Å². The molecule has 14 heteroatoms. The third-order valence-electron chi connectivity index (χ3n) is 8.17. The minimum atomic E-state index is -3.10. The molecule has 4 aromatic rings. The van der Waals surface area contributed by atoms with Crippen molar-refractivity contribution in [3.63, 3.8) is 0 Å². The Morgan fingerprint density at radius 2 is 1.84 bits per heavy atom. The summed E-state index contributed by atoms with van der Waals surface area (Å²) < 4.78 is 33.2. The topological polar surface area (TPSA) is 143 Å². The van der Waals surface area contributed by atoms with Gasteiger partial charge in [0.25, 0.3) is 5.91 Å². The second-order valence-corrected chi connectivity index (χ2v) is 11.0. The van der Waals surface area contributed by atoms with E-state index in [1.165, 1.54) is 24.5 Å². The zero-order chi connectivity index (χ0) is 32.6. The fourth-order valence-corrected chi connectivity index (χ4v) is 6.26. The van der Waals surface area contributed by atoms with Crippen LogP contribution in [0.15, 0.2) is 49.2 Å². The molecule has 3 N–H and O–H groups in total. The fourth-order valence-electron chi connectivity index (χ4n) is 6.26. The second-order valence-electron chi connectivity index (χ2n) is 11.0. The average Bonchev–Trinajstić information content (AvgIpc) is 3.48. The van der Waals surface area contributed by atoms with Crippen LogP contribution in [0.2, 0.25) is 0 Å². The Morgan fingerprint density at radius 1 is 1.16 bits per heavy atom. The van der Waals surface area contributed by atoms with E-state index in [0.29, 0.717) is 22.8 Å². The largest absolute Gasteiger partial charge is 0.434 e. The first-order valence-electron chi connectivity index (χ1n) is 14.6. The molecule has 0 spiro atoms. The Kier molecular flexibility index (Phi) is 8.96. The van der Waals surface area contributed by atoms with Gasteiger partial charge in [-0.2, -0.15) is 19.1 Å². The van der Waals surface area contributed by atoms with Crippen molar-refractivity contribution in [3.8, 4) is 22.9 Å². The van der Waals surface area contributed by atoms with Gasteiger partial charge in [-0.1, -0.05) is 19.9 Å². The third kappa shape index (κ3) is 5.90. The Morgan fingerprint density at radius 3 is 2.42 bits per heavy atom. The standard InChI is InChI=1S/C24H17B2F2N5O3.C5H8N2.C2H6/c1-11-9-32-16(5-14(11)12-7-29-10-30-8-12)20-15-6-17(21(20)31-32)33(24(25,26)35)22(34)13-3-2-4-18(19(13)15)36-23(27)28;6-3-4-1-5(7)2-4;1-2/h2-5,7-10,15,17,23,35H,6H2,1H3;4-5H,1-2,7H2;1-2H3. The number of carbonyl (C=O) groups excluding carboxylic acids is 1. The number of alkyl halides is 2. The smallest absolute Gasteiger partial charge is 0.387 e. The highest BCUT2D eigenvalue weighted by Gasteiger charge is 2.50. The second kappa shape index (κ2) is 12.6. The van der Waals surface area contributed by atoms with Crippen molar-refractivity contribution in [1.82, 2.24) is 24.5 Å². The lowest BCUT2D eigenvalue weighted by atomic mass is 9.71. The molecule has 1 fully saturated rings. The first-order chi connectivity index (χ1) is 21.5. The number of nitrogens with zero attached hydrogens (tertiary/aromatic N) is 6. The van der Waals surface area contributed by atoms with Crippen molar-refractivity contribution in [1.29, 1.82) is 5.26 Å². The maximum absolute atomic E-state index is 13.5. The zero-order valence-corrected chi connectivity index (χ0v) is 25.1. The third-order valence-corrected chi connectivity index (χ3v) is 8.17. The number of ether oxygens (including phenoxy) is 1. The number of carbonyl (C=O) groups is 1. The molecular formula is C31H31B2F2N7O3. The minimum absolute atomic E-state index is 0.0729. The van der Waals surface area contributed by atoms with Crippen LogP contribution in [0.4, 0.5) is 8.78 Å². The zero-order valence-electron chi connectivity index (χ0n) is 25.1. The van der Waals surface area contributed by atoms with E-state index >= 15 is 0 Å². The van der Waals surface area contributed by atoms with Crippen LogP contribution < -0.4 is 10.5 Å². The van der Waals surface area contributed by atoms with Gasteiger partial charge in [0.2, 0.25) is 0 Å². The molecule has 3 aromatic heterocycles. The predicted octanol–water partition coefficient (Wildman–Crippen LogP) is 3.95. The van der Waals surface area contributed by atoms with Crippen molar-refractivity contribution >= 4 is 27.1 Å². The Labute approximate surface area is 262 Å². The number of aryl methyl sites for hydroxylation is 1. The summed E-state index contributed by atoms with van der Waals surface area (Å²) in [6.45, 7) is 2.82. The number of nitrogens with two attached hydrogens (primary N) is 1. The van der Waals surface area contributed by atoms with E-state index in [-0.39, 0.29) is 29.2 Å². The molecule has 45 heavy (non-hydrogen) atoms. The van der Waals surface area contributed by atoms with Crippen molar-refractivity contribution in [2.75, 3.05) is 0 Å². The van der Waals surface area contributed by atoms with Gasteiger partial charge in [-0.25, -0.2) is 14.5 Å². The van der Waals surface area contributed by atoms with E-state index in [0.717, 1.165) is 34.4 Å². The van der Waals surface area contributed by atoms with E-state index in [1.807, 2.05) is 33.0 Å². The molecule has 1 amide bonds. The van der Waals surface area contributed by atoms with Gasteiger partial charge in [0.1, 0.15) is 27.8 Å². The predicted molar refractivity (Wildman–Crippen MR) is 164 cm³/mol. The Bertz CT molecular complexity index is 1750. The number of hydrogen-bond acceptors (Lipinski definition) is 8. The summed E-state index contributed by atoms with van der Waals surface area (Å²) in [5, 5.41) is 23.5. The van der Waals surface area contributed by atoms with Crippen LogP contribution in [0.5, 0.6) is 5.75 Å². The molecule has 2 unspecified atom stereocenters. The van der Waals surface area contributed by atoms with E-state index in [4.69, 9.17) is 36.5 Å². The number of pyridine rings is 1. The van der Waals surface area contributed by atoms with Crippen LogP contribution in [0.3, 0.4) is 0 Å². The molecule has 4 radical (unpaired) electrons. The van der Waals surface area contributed by atoms with Crippen LogP contribution in [0, 0.1) is 24.2 Å². The first kappa shape index (κ1) is 32.1. The highest BCUT2D eigenvalue weighted by molar-refractivity contribution is 6.39. The minimum Gasteiger partial charge on any atom is -0.434 e. The van der Waals surface area contributed by atoms with Gasteiger partial charge in [0, 0.05) is 58.7 Å². The number of amides is 1. The molecule has 1 aromatic carbocycles. The number of halogens is 2. The Hall–Kier alpha value is -4.34. The van der Waals surface area contributed by atoms with Crippen LogP contribution in [-0.2, 0) is 0 Å². The SMILES string of the molecule is CC.N#CC1CC(N)C1.[B]C([B])(O)N1C(=O)c2cccc(OC(F)F)c2C2CC1c1nn3cc(C)c(-c4cncnc4)cc3c12. The van der Waals surface area contributed by atoms with Crippen LogP contribution in [-0.4, -0.2) is 69.4 Å². The number of hydrogen-bond donors (Lipinski definition) is 2. The maximum atomic E-state index is 13.5. The van der Waals surface area contributed by atoms with Gasteiger partial charge >= 0.3 is 6.61 Å². The molecule has 4 heterocycles. The molecule has 2 atom stereocenters. The summed E-state index contributed by atoms with van der Waals surface area (Å²) in [5.74, 6) is -1.11. The number of aromatic nitrogens is 4. The summed E-state index contributed by atoms with van der Waals surface area (Å²) in [6.07, 6.45) is 8.71. The number of nitriles is 1. The number of benzene rings is 1. The lowest BCUT2D eigenvalue weighted by molar-refractivity contribution is -0.0506. The summed E-state index contributed by atoms with van der Waals surface area (Å²) >= 11 is 0. The molecule has 1 aliphatic heterocycles. The maximum Gasteiger partial charge on any atom is 0.387 e. The van der Waals surface area contributed by atoms with Crippen LogP contribution in [0.1, 0.15) is 77.8 Å².